The van der Waals surface area contributed by atoms with Crippen molar-refractivity contribution in [2.75, 3.05) is 6.54 Å². The van der Waals surface area contributed by atoms with Crippen molar-refractivity contribution in [2.45, 2.75) is 46.8 Å². The average molecular weight is 332 g/mol. The number of nitrogens with zero attached hydrogens (tertiary/aromatic N) is 1. The van der Waals surface area contributed by atoms with E-state index in [1.54, 1.807) is 19.3 Å². The smallest absolute Gasteiger partial charge is 0.340 e. The number of nitrogens with one attached hydrogen (secondary N) is 1. The highest BCUT2D eigenvalue weighted by molar-refractivity contribution is 5.93. The zero-order chi connectivity index (χ0) is 17.7. The van der Waals surface area contributed by atoms with E-state index in [4.69, 9.17) is 9.15 Å². The second-order valence-electron chi connectivity index (χ2n) is 5.79. The molecule has 0 unspecified atom stereocenters. The topological polar surface area (TPSA) is 73.5 Å². The first-order chi connectivity index (χ1) is 11.4. The highest BCUT2D eigenvalue weighted by atomic mass is 16.5. The lowest BCUT2D eigenvalue weighted by Gasteiger charge is -2.13. The van der Waals surface area contributed by atoms with Crippen LogP contribution in [0.15, 0.2) is 28.9 Å². The molecule has 0 bridgehead atoms. The number of carbonyl (C=O) groups is 2. The first-order valence-corrected chi connectivity index (χ1v) is 8.11. The van der Waals surface area contributed by atoms with Crippen molar-refractivity contribution in [3.8, 4) is 0 Å². The fourth-order valence-electron chi connectivity index (χ4n) is 2.48. The highest BCUT2D eigenvalue weighted by Gasteiger charge is 2.22. The molecular weight excluding hydrogens is 308 g/mol. The van der Waals surface area contributed by atoms with Crippen LogP contribution in [0.3, 0.4) is 0 Å². The van der Waals surface area contributed by atoms with E-state index in [9.17, 15) is 9.59 Å². The maximum atomic E-state index is 12.4. The van der Waals surface area contributed by atoms with Crippen LogP contribution in [0.25, 0.3) is 0 Å². The van der Waals surface area contributed by atoms with Crippen molar-refractivity contribution in [2.24, 2.45) is 0 Å². The van der Waals surface area contributed by atoms with Crippen molar-refractivity contribution in [1.29, 1.82) is 0 Å². The van der Waals surface area contributed by atoms with Gasteiger partial charge in [-0.25, -0.2) is 4.79 Å². The molecule has 2 heterocycles. The summed E-state index contributed by atoms with van der Waals surface area (Å²) >= 11 is 0. The molecule has 1 amide bonds. The lowest BCUT2D eigenvalue weighted by molar-refractivity contribution is -0.129. The Labute approximate surface area is 141 Å². The Morgan fingerprint density at radius 3 is 2.75 bits per heavy atom. The maximum Gasteiger partial charge on any atom is 0.340 e. The van der Waals surface area contributed by atoms with Gasteiger partial charge >= 0.3 is 5.97 Å². The first-order valence-electron chi connectivity index (χ1n) is 8.11. The monoisotopic (exact) mass is 332 g/mol. The Kier molecular flexibility index (Phi) is 5.84. The van der Waals surface area contributed by atoms with Crippen molar-refractivity contribution >= 4 is 11.9 Å². The molecule has 0 aliphatic heterocycles. The minimum Gasteiger partial charge on any atom is -0.467 e. The van der Waals surface area contributed by atoms with Gasteiger partial charge in [-0.2, -0.15) is 0 Å². The average Bonchev–Trinajstić information content (AvgIpc) is 3.16. The van der Waals surface area contributed by atoms with Gasteiger partial charge in [-0.05, 0) is 45.4 Å². The molecular formula is C18H24N2O4. The van der Waals surface area contributed by atoms with Crippen LogP contribution >= 0.6 is 0 Å². The van der Waals surface area contributed by atoms with Gasteiger partial charge in [-0.3, -0.25) is 4.79 Å². The van der Waals surface area contributed by atoms with E-state index < -0.39 is 12.1 Å². The molecule has 2 aromatic heterocycles. The summed E-state index contributed by atoms with van der Waals surface area (Å²) in [5, 5.41) is 2.72. The Balaban J connectivity index is 2.08. The minimum absolute atomic E-state index is 0.283. The summed E-state index contributed by atoms with van der Waals surface area (Å²) in [6, 6.07) is 5.49. The Morgan fingerprint density at radius 1 is 1.38 bits per heavy atom. The zero-order valence-electron chi connectivity index (χ0n) is 14.6. The molecule has 0 saturated heterocycles. The molecule has 0 spiro atoms. The molecule has 2 aromatic rings. The molecule has 6 heteroatoms. The molecule has 130 valence electrons. The first kappa shape index (κ1) is 17.8. The molecule has 2 rings (SSSR count). The standard InChI is InChI=1S/C18H24N2O4/c1-5-8-19-17(21)14(4)24-18(22)16-10-12(2)20(13(16)3)11-15-7-6-9-23-15/h6-7,9-10,14H,5,8,11H2,1-4H3,(H,19,21)/t14-/m1/s1. The number of carbonyl (C=O) groups excluding carboxylic acids is 2. The van der Waals surface area contributed by atoms with Crippen LogP contribution in [0.5, 0.6) is 0 Å². The number of rotatable bonds is 7. The fraction of sp³-hybridized carbons (Fsp3) is 0.444. The number of esters is 1. The summed E-state index contributed by atoms with van der Waals surface area (Å²) in [6.07, 6.45) is 1.63. The van der Waals surface area contributed by atoms with Crippen LogP contribution in [0.2, 0.25) is 0 Å². The third-order valence-electron chi connectivity index (χ3n) is 3.89. The van der Waals surface area contributed by atoms with Crippen molar-refractivity contribution < 1.29 is 18.7 Å². The SMILES string of the molecule is CCCNC(=O)[C@@H](C)OC(=O)c1cc(C)n(Cc2ccco2)c1C. The molecule has 0 radical (unpaired) electrons. The van der Waals surface area contributed by atoms with Crippen molar-refractivity contribution in [1.82, 2.24) is 9.88 Å². The van der Waals surface area contributed by atoms with Crippen molar-refractivity contribution in [3.05, 3.63) is 47.2 Å². The number of amides is 1. The summed E-state index contributed by atoms with van der Waals surface area (Å²) in [4.78, 5) is 24.2. The van der Waals surface area contributed by atoms with Crippen LogP contribution in [0, 0.1) is 13.8 Å². The third-order valence-corrected chi connectivity index (χ3v) is 3.89. The van der Waals surface area contributed by atoms with Gasteiger partial charge in [0.2, 0.25) is 0 Å². The summed E-state index contributed by atoms with van der Waals surface area (Å²) in [5.41, 5.74) is 2.18. The molecule has 6 nitrogen and oxygen atoms in total. The van der Waals surface area contributed by atoms with E-state index in [-0.39, 0.29) is 5.91 Å². The number of aryl methyl sites for hydroxylation is 1. The van der Waals surface area contributed by atoms with Crippen LogP contribution in [0.1, 0.15) is 47.8 Å². The van der Waals surface area contributed by atoms with Crippen LogP contribution in [-0.4, -0.2) is 29.1 Å². The molecule has 0 saturated carbocycles. The van der Waals surface area contributed by atoms with E-state index in [0.717, 1.165) is 23.6 Å². The molecule has 0 aliphatic carbocycles. The number of furan rings is 1. The summed E-state index contributed by atoms with van der Waals surface area (Å²) < 4.78 is 12.6. The number of hydrogen-bond donors (Lipinski definition) is 1. The largest absolute Gasteiger partial charge is 0.467 e. The lowest BCUT2D eigenvalue weighted by atomic mass is 10.2. The van der Waals surface area contributed by atoms with Crippen LogP contribution in [0.4, 0.5) is 0 Å². The molecule has 0 fully saturated rings. The van der Waals surface area contributed by atoms with Gasteiger partial charge in [0.1, 0.15) is 5.76 Å². The molecule has 1 N–H and O–H groups in total. The van der Waals surface area contributed by atoms with E-state index >= 15 is 0 Å². The normalized spacial score (nSPS) is 12.0. The van der Waals surface area contributed by atoms with Gasteiger partial charge in [-0.15, -0.1) is 0 Å². The van der Waals surface area contributed by atoms with Gasteiger partial charge < -0.3 is 19.0 Å². The van der Waals surface area contributed by atoms with Gasteiger partial charge in [0.05, 0.1) is 18.4 Å². The highest BCUT2D eigenvalue weighted by Crippen LogP contribution is 2.19. The Morgan fingerprint density at radius 2 is 2.12 bits per heavy atom. The number of aromatic nitrogens is 1. The van der Waals surface area contributed by atoms with Crippen LogP contribution < -0.4 is 5.32 Å². The predicted molar refractivity (Wildman–Crippen MR) is 89.9 cm³/mol. The van der Waals surface area contributed by atoms with Gasteiger partial charge in [0.25, 0.3) is 5.91 Å². The fourth-order valence-corrected chi connectivity index (χ4v) is 2.48. The zero-order valence-corrected chi connectivity index (χ0v) is 14.6. The van der Waals surface area contributed by atoms with E-state index in [0.29, 0.717) is 18.7 Å². The van der Waals surface area contributed by atoms with Crippen molar-refractivity contribution in [3.63, 3.8) is 0 Å². The summed E-state index contributed by atoms with van der Waals surface area (Å²) in [6.45, 7) is 8.43. The minimum atomic E-state index is -0.822. The molecule has 0 aromatic carbocycles. The van der Waals surface area contributed by atoms with E-state index in [1.807, 2.05) is 37.5 Å². The molecule has 1 atom stereocenters. The predicted octanol–water partition coefficient (Wildman–Crippen LogP) is 2.82. The molecule has 0 aliphatic rings. The third kappa shape index (κ3) is 4.07. The second kappa shape index (κ2) is 7.86. The van der Waals surface area contributed by atoms with Gasteiger partial charge in [0, 0.05) is 17.9 Å². The number of ether oxygens (including phenoxy) is 1. The lowest BCUT2D eigenvalue weighted by Crippen LogP contribution is -2.36. The Bertz CT molecular complexity index is 701. The van der Waals surface area contributed by atoms with Gasteiger partial charge in [-0.1, -0.05) is 6.92 Å². The van der Waals surface area contributed by atoms with E-state index in [1.165, 1.54) is 0 Å². The van der Waals surface area contributed by atoms with Gasteiger partial charge in [0.15, 0.2) is 6.10 Å². The van der Waals surface area contributed by atoms with E-state index in [2.05, 4.69) is 5.32 Å². The Hall–Kier alpha value is -2.50. The summed E-state index contributed by atoms with van der Waals surface area (Å²) in [7, 11) is 0. The maximum absolute atomic E-state index is 12.4. The van der Waals surface area contributed by atoms with Crippen LogP contribution in [-0.2, 0) is 16.1 Å². The molecule has 24 heavy (non-hydrogen) atoms. The number of hydrogen-bond acceptors (Lipinski definition) is 4. The second-order valence-corrected chi connectivity index (χ2v) is 5.79. The quantitative estimate of drug-likeness (QED) is 0.791. The summed E-state index contributed by atoms with van der Waals surface area (Å²) in [5.74, 6) is 0.0339.